The number of amides is 2. The molecular formula is C35H39N9O6. The highest BCUT2D eigenvalue weighted by molar-refractivity contribution is 5.93. The molecule has 2 amide bonds. The molecule has 2 aromatic heterocycles. The number of H-pyrrole nitrogens is 2. The molecule has 0 fully saturated rings. The van der Waals surface area contributed by atoms with Crippen molar-refractivity contribution in [3.8, 4) is 0 Å². The van der Waals surface area contributed by atoms with Crippen LogP contribution in [0.1, 0.15) is 29.5 Å². The van der Waals surface area contributed by atoms with Crippen molar-refractivity contribution in [2.24, 2.45) is 16.5 Å². The number of fused-ring (bicyclic) bond motifs is 2. The Hall–Kier alpha value is -6.22. The molecule has 0 saturated carbocycles. The standard InChI is InChI=1S/C35H39N9O6/c36-27(17-23-19-39-28-13-6-4-11-25(23)28)32(45)42-31(18-24-20-40-29-14-7-5-12-26(24)29)33(46)41-30(15-8-16-38-35(37)43-44(48)49)34(47)50-21-22-9-2-1-3-10-22/h1-7,9-14,19-20,27,30-31,39-40H,8,15-18,21,36H2,(H,41,46)(H,42,45)(H3,37,38,43)/t27-,30-,31-/m0/s1. The molecule has 0 bridgehead atoms. The normalized spacial score (nSPS) is 13.3. The van der Waals surface area contributed by atoms with E-state index in [2.05, 4.69) is 25.6 Å². The molecule has 0 aliphatic carbocycles. The third-order valence-corrected chi connectivity index (χ3v) is 8.15. The fraction of sp³-hybridized carbons (Fsp3) is 0.257. The monoisotopic (exact) mass is 681 g/mol. The minimum Gasteiger partial charge on any atom is -0.459 e. The van der Waals surface area contributed by atoms with Crippen LogP contribution in [0.25, 0.3) is 21.8 Å². The van der Waals surface area contributed by atoms with Crippen LogP contribution >= 0.6 is 0 Å². The van der Waals surface area contributed by atoms with Crippen LogP contribution in [0, 0.1) is 10.1 Å². The number of ether oxygens (including phenoxy) is 1. The first kappa shape index (κ1) is 35.1. The van der Waals surface area contributed by atoms with Gasteiger partial charge < -0.3 is 36.8 Å². The number of guanidine groups is 1. The van der Waals surface area contributed by atoms with Crippen LogP contribution in [0.5, 0.6) is 0 Å². The number of carbonyl (C=O) groups is 3. The van der Waals surface area contributed by atoms with Gasteiger partial charge in [-0.3, -0.25) is 9.59 Å². The fourth-order valence-electron chi connectivity index (χ4n) is 5.61. The van der Waals surface area contributed by atoms with E-state index in [1.165, 1.54) is 0 Å². The van der Waals surface area contributed by atoms with Gasteiger partial charge in [-0.15, -0.1) is 0 Å². The molecule has 15 nitrogen and oxygen atoms in total. The van der Waals surface area contributed by atoms with Gasteiger partial charge in [0, 0.05) is 47.2 Å². The summed E-state index contributed by atoms with van der Waals surface area (Å²) in [6.07, 6.45) is 4.20. The van der Waals surface area contributed by atoms with Crippen molar-refractivity contribution in [2.45, 2.75) is 50.4 Å². The second kappa shape index (κ2) is 16.7. The second-order valence-electron chi connectivity index (χ2n) is 11.7. The zero-order valence-electron chi connectivity index (χ0n) is 27.1. The van der Waals surface area contributed by atoms with E-state index in [4.69, 9.17) is 16.2 Å². The number of nitro groups is 1. The van der Waals surface area contributed by atoms with Crippen LogP contribution in [0.2, 0.25) is 0 Å². The maximum absolute atomic E-state index is 14.0. The van der Waals surface area contributed by atoms with Crippen molar-refractivity contribution in [1.29, 1.82) is 0 Å². The second-order valence-corrected chi connectivity index (χ2v) is 11.7. The van der Waals surface area contributed by atoms with Gasteiger partial charge in [-0.2, -0.15) is 0 Å². The maximum atomic E-state index is 14.0. The number of para-hydroxylation sites is 2. The Balaban J connectivity index is 1.33. The zero-order valence-corrected chi connectivity index (χ0v) is 27.1. The molecular weight excluding hydrogens is 642 g/mol. The predicted molar refractivity (Wildman–Crippen MR) is 188 cm³/mol. The smallest absolute Gasteiger partial charge is 0.328 e. The number of nitrogens with two attached hydrogens (primary N) is 2. The Kier molecular flexibility index (Phi) is 11.8. The Morgan fingerprint density at radius 2 is 1.40 bits per heavy atom. The Morgan fingerprint density at radius 1 is 0.820 bits per heavy atom. The number of aliphatic imine (C=N–C) groups is 1. The number of esters is 1. The van der Waals surface area contributed by atoms with Crippen LogP contribution < -0.4 is 27.5 Å². The van der Waals surface area contributed by atoms with Crippen molar-refractivity contribution in [1.82, 2.24) is 26.0 Å². The molecule has 260 valence electrons. The van der Waals surface area contributed by atoms with E-state index in [9.17, 15) is 24.5 Å². The highest BCUT2D eigenvalue weighted by atomic mass is 16.7. The van der Waals surface area contributed by atoms with E-state index in [1.54, 1.807) is 23.8 Å². The van der Waals surface area contributed by atoms with Crippen molar-refractivity contribution < 1.29 is 24.2 Å². The van der Waals surface area contributed by atoms with E-state index >= 15 is 0 Å². The maximum Gasteiger partial charge on any atom is 0.328 e. The highest BCUT2D eigenvalue weighted by Crippen LogP contribution is 2.21. The SMILES string of the molecule is NC(=NCCC[C@H](NC(=O)[C@H](Cc1c[nH]c2ccccc12)NC(=O)[C@@H](N)Cc1c[nH]c2ccccc12)C(=O)OCc1ccccc1)N[N+](=O)[O-]. The number of carbonyl (C=O) groups excluding carboxylic acids is 3. The molecule has 50 heavy (non-hydrogen) atoms. The van der Waals surface area contributed by atoms with Crippen LogP contribution in [0.4, 0.5) is 0 Å². The molecule has 2 heterocycles. The molecule has 0 aliphatic rings. The molecule has 0 unspecified atom stereocenters. The predicted octanol–water partition coefficient (Wildman–Crippen LogP) is 2.35. The number of nitrogens with zero attached hydrogens (tertiary/aromatic N) is 2. The molecule has 3 atom stereocenters. The summed E-state index contributed by atoms with van der Waals surface area (Å²) in [7, 11) is 0. The third-order valence-electron chi connectivity index (χ3n) is 8.15. The first-order chi connectivity index (χ1) is 24.2. The molecule has 0 radical (unpaired) electrons. The number of nitrogens with one attached hydrogen (secondary N) is 5. The van der Waals surface area contributed by atoms with Crippen LogP contribution in [0.3, 0.4) is 0 Å². The van der Waals surface area contributed by atoms with Crippen LogP contribution in [-0.2, 0) is 38.6 Å². The molecule has 0 saturated heterocycles. The van der Waals surface area contributed by atoms with E-state index in [0.717, 1.165) is 38.5 Å². The lowest BCUT2D eigenvalue weighted by atomic mass is 10.0. The first-order valence-electron chi connectivity index (χ1n) is 16.1. The minimum absolute atomic E-state index is 0.0257. The average Bonchev–Trinajstić information content (AvgIpc) is 3.72. The summed E-state index contributed by atoms with van der Waals surface area (Å²) in [5, 5.41) is 17.2. The van der Waals surface area contributed by atoms with E-state index in [-0.39, 0.29) is 38.8 Å². The molecule has 5 aromatic rings. The summed E-state index contributed by atoms with van der Waals surface area (Å²) in [5.41, 5.74) is 17.8. The highest BCUT2D eigenvalue weighted by Gasteiger charge is 2.30. The van der Waals surface area contributed by atoms with Crippen molar-refractivity contribution >= 4 is 45.5 Å². The molecule has 0 aliphatic heterocycles. The molecule has 9 N–H and O–H groups in total. The molecule has 3 aromatic carbocycles. The lowest BCUT2D eigenvalue weighted by molar-refractivity contribution is -0.525. The Labute approximate surface area is 287 Å². The van der Waals surface area contributed by atoms with Crippen LogP contribution in [-0.4, -0.2) is 63.4 Å². The number of hydrazine groups is 1. The van der Waals surface area contributed by atoms with Crippen molar-refractivity contribution in [2.75, 3.05) is 6.54 Å². The van der Waals surface area contributed by atoms with Gasteiger partial charge in [0.2, 0.25) is 11.8 Å². The average molecular weight is 682 g/mol. The quantitative estimate of drug-likeness (QED) is 0.0202. The summed E-state index contributed by atoms with van der Waals surface area (Å²) in [5.74, 6) is -2.26. The van der Waals surface area contributed by atoms with Gasteiger partial charge in [0.15, 0.2) is 5.03 Å². The summed E-state index contributed by atoms with van der Waals surface area (Å²) < 4.78 is 5.55. The molecule has 0 spiro atoms. The van der Waals surface area contributed by atoms with Gasteiger partial charge >= 0.3 is 5.97 Å². The number of rotatable bonds is 16. The van der Waals surface area contributed by atoms with Gasteiger partial charge in [-0.25, -0.2) is 19.9 Å². The number of aromatic nitrogens is 2. The topological polar surface area (TPSA) is 236 Å². The molecule has 15 heteroatoms. The number of aromatic amines is 2. The van der Waals surface area contributed by atoms with Gasteiger partial charge in [0.05, 0.1) is 6.04 Å². The van der Waals surface area contributed by atoms with E-state index in [1.807, 2.05) is 72.9 Å². The summed E-state index contributed by atoms with van der Waals surface area (Å²) >= 11 is 0. The van der Waals surface area contributed by atoms with Gasteiger partial charge in [0.25, 0.3) is 5.96 Å². The summed E-state index contributed by atoms with van der Waals surface area (Å²) in [4.78, 5) is 61.8. The Morgan fingerprint density at radius 3 is 2.04 bits per heavy atom. The number of hydrogen-bond donors (Lipinski definition) is 7. The van der Waals surface area contributed by atoms with Crippen molar-refractivity contribution in [3.63, 3.8) is 0 Å². The lowest BCUT2D eigenvalue weighted by Gasteiger charge is -2.24. The Bertz CT molecular complexity index is 1970. The lowest BCUT2D eigenvalue weighted by Crippen LogP contribution is -2.55. The van der Waals surface area contributed by atoms with Gasteiger partial charge in [-0.1, -0.05) is 72.2 Å². The van der Waals surface area contributed by atoms with Crippen LogP contribution in [0.15, 0.2) is 96.2 Å². The van der Waals surface area contributed by atoms with Gasteiger partial charge in [0.1, 0.15) is 18.7 Å². The number of benzene rings is 3. The number of hydrogen-bond acceptors (Lipinski definition) is 8. The van der Waals surface area contributed by atoms with E-state index in [0.29, 0.717) is 0 Å². The minimum atomic E-state index is -1.13. The largest absolute Gasteiger partial charge is 0.459 e. The molecule has 5 rings (SSSR count). The first-order valence-corrected chi connectivity index (χ1v) is 16.1. The summed E-state index contributed by atoms with van der Waals surface area (Å²) in [6, 6.07) is 21.1. The fourth-order valence-corrected chi connectivity index (χ4v) is 5.61. The van der Waals surface area contributed by atoms with E-state index < -0.39 is 46.9 Å². The van der Waals surface area contributed by atoms with Crippen molar-refractivity contribution in [3.05, 3.63) is 118 Å². The summed E-state index contributed by atoms with van der Waals surface area (Å²) in [6.45, 7) is 0.00525. The third kappa shape index (κ3) is 9.44. The zero-order chi connectivity index (χ0) is 35.5. The van der Waals surface area contributed by atoms with Gasteiger partial charge in [-0.05, 0) is 48.1 Å².